The fraction of sp³-hybridized carbons (Fsp3) is 0.0833. The highest BCUT2D eigenvalue weighted by Gasteiger charge is 2.17. The van der Waals surface area contributed by atoms with Crippen LogP contribution in [0.25, 0.3) is 0 Å². The number of sulfonamides is 1. The van der Waals surface area contributed by atoms with Crippen molar-refractivity contribution in [2.45, 2.75) is 11.8 Å². The first-order valence-electron chi connectivity index (χ1n) is 5.30. The summed E-state index contributed by atoms with van der Waals surface area (Å²) in [7, 11) is -3.78. The van der Waals surface area contributed by atoms with Crippen LogP contribution in [0.15, 0.2) is 45.9 Å². The van der Waals surface area contributed by atoms with Gasteiger partial charge < -0.3 is 0 Å². The van der Waals surface area contributed by atoms with Gasteiger partial charge in [0.25, 0.3) is 10.0 Å². The second kappa shape index (κ2) is 5.26. The first-order chi connectivity index (χ1) is 8.88. The summed E-state index contributed by atoms with van der Waals surface area (Å²) in [6.07, 6.45) is 0. The fourth-order valence-electron chi connectivity index (χ4n) is 1.57. The number of aryl methyl sites for hydroxylation is 1. The number of anilines is 1. The molecule has 2 aromatic rings. The first kappa shape index (κ1) is 14.0. The van der Waals surface area contributed by atoms with Gasteiger partial charge in [-0.25, -0.2) is 17.8 Å². The minimum absolute atomic E-state index is 0.0238. The van der Waals surface area contributed by atoms with E-state index in [9.17, 15) is 12.8 Å². The Kier molecular flexibility index (Phi) is 3.86. The molecule has 0 aliphatic rings. The van der Waals surface area contributed by atoms with Crippen molar-refractivity contribution < 1.29 is 12.8 Å². The average molecular weight is 345 g/mol. The SMILES string of the molecule is Cc1cc(F)ccc1S(=O)(=O)Nc1cccc(Br)n1. The molecule has 0 fully saturated rings. The number of aromatic nitrogens is 1. The zero-order valence-corrected chi connectivity index (χ0v) is 12.3. The Morgan fingerprint density at radius 3 is 2.63 bits per heavy atom. The Balaban J connectivity index is 2.38. The average Bonchev–Trinajstić information content (AvgIpc) is 2.27. The molecule has 0 aliphatic heterocycles. The molecule has 1 heterocycles. The minimum Gasteiger partial charge on any atom is -0.263 e. The highest BCUT2D eigenvalue weighted by molar-refractivity contribution is 9.10. The molecule has 100 valence electrons. The maximum absolute atomic E-state index is 13.0. The van der Waals surface area contributed by atoms with E-state index < -0.39 is 15.8 Å². The smallest absolute Gasteiger partial charge is 0.263 e. The van der Waals surface area contributed by atoms with E-state index >= 15 is 0 Å². The van der Waals surface area contributed by atoms with Crippen LogP contribution < -0.4 is 4.72 Å². The number of nitrogens with zero attached hydrogens (tertiary/aromatic N) is 1. The largest absolute Gasteiger partial charge is 0.263 e. The fourth-order valence-corrected chi connectivity index (χ4v) is 3.14. The van der Waals surface area contributed by atoms with Crippen LogP contribution in [0.2, 0.25) is 0 Å². The zero-order chi connectivity index (χ0) is 14.0. The molecule has 2 rings (SSSR count). The lowest BCUT2D eigenvalue weighted by Gasteiger charge is -2.09. The van der Waals surface area contributed by atoms with Gasteiger partial charge in [0.05, 0.1) is 4.90 Å². The molecule has 1 N–H and O–H groups in total. The van der Waals surface area contributed by atoms with E-state index in [1.807, 2.05) is 0 Å². The summed E-state index contributed by atoms with van der Waals surface area (Å²) >= 11 is 3.15. The second-order valence-corrected chi connectivity index (χ2v) is 6.32. The highest BCUT2D eigenvalue weighted by Crippen LogP contribution is 2.20. The van der Waals surface area contributed by atoms with Gasteiger partial charge in [0, 0.05) is 0 Å². The van der Waals surface area contributed by atoms with Crippen molar-refractivity contribution >= 4 is 31.8 Å². The molecule has 0 spiro atoms. The van der Waals surface area contributed by atoms with Gasteiger partial charge in [0.2, 0.25) is 0 Å². The third-order valence-corrected chi connectivity index (χ3v) is 4.34. The summed E-state index contributed by atoms with van der Waals surface area (Å²) in [6.45, 7) is 1.53. The predicted molar refractivity (Wildman–Crippen MR) is 73.9 cm³/mol. The van der Waals surface area contributed by atoms with Gasteiger partial charge in [-0.05, 0) is 58.7 Å². The maximum Gasteiger partial charge on any atom is 0.263 e. The second-order valence-electron chi connectivity index (χ2n) is 3.86. The van der Waals surface area contributed by atoms with Crippen LogP contribution in [0.1, 0.15) is 5.56 Å². The number of hydrogen-bond donors (Lipinski definition) is 1. The van der Waals surface area contributed by atoms with Crippen LogP contribution in [0, 0.1) is 12.7 Å². The molecule has 1 aromatic heterocycles. The molecule has 0 radical (unpaired) electrons. The number of halogens is 2. The Morgan fingerprint density at radius 1 is 1.26 bits per heavy atom. The summed E-state index contributed by atoms with van der Waals surface area (Å²) in [5, 5.41) is 0. The van der Waals surface area contributed by atoms with E-state index in [0.717, 1.165) is 6.07 Å². The molecule has 0 amide bonds. The number of benzene rings is 1. The summed E-state index contributed by atoms with van der Waals surface area (Å²) in [4.78, 5) is 4.01. The quantitative estimate of drug-likeness (QED) is 0.870. The minimum atomic E-state index is -3.78. The molecule has 0 aliphatic carbocycles. The molecule has 0 saturated carbocycles. The summed E-state index contributed by atoms with van der Waals surface area (Å²) < 4.78 is 40.2. The van der Waals surface area contributed by atoms with Crippen LogP contribution in [0.3, 0.4) is 0 Å². The monoisotopic (exact) mass is 344 g/mol. The van der Waals surface area contributed by atoms with Crippen LogP contribution >= 0.6 is 15.9 Å². The topological polar surface area (TPSA) is 59.1 Å². The Bertz CT molecular complexity index is 719. The van der Waals surface area contributed by atoms with Crippen LogP contribution in [0.5, 0.6) is 0 Å². The third kappa shape index (κ3) is 3.30. The van der Waals surface area contributed by atoms with Crippen LogP contribution in [-0.4, -0.2) is 13.4 Å². The molecule has 0 saturated heterocycles. The van der Waals surface area contributed by atoms with Crippen LogP contribution in [0.4, 0.5) is 10.2 Å². The lowest BCUT2D eigenvalue weighted by molar-refractivity contribution is 0.598. The van der Waals surface area contributed by atoms with E-state index in [-0.39, 0.29) is 10.7 Å². The standard InChI is InChI=1S/C12H10BrFN2O2S/c1-8-7-9(14)5-6-10(8)19(17,18)16-12-4-2-3-11(13)15-12/h2-7H,1H3,(H,15,16). The normalized spacial score (nSPS) is 11.3. The lowest BCUT2D eigenvalue weighted by atomic mass is 10.2. The molecule has 0 unspecified atom stereocenters. The Morgan fingerprint density at radius 2 is 2.00 bits per heavy atom. The van der Waals surface area contributed by atoms with E-state index in [4.69, 9.17) is 0 Å². The van der Waals surface area contributed by atoms with Crippen molar-refractivity contribution in [3.05, 3.63) is 52.4 Å². The Hall–Kier alpha value is -1.47. The van der Waals surface area contributed by atoms with Gasteiger partial charge >= 0.3 is 0 Å². The van der Waals surface area contributed by atoms with E-state index in [1.54, 1.807) is 12.1 Å². The van der Waals surface area contributed by atoms with Crippen molar-refractivity contribution in [1.29, 1.82) is 0 Å². The molecular weight excluding hydrogens is 335 g/mol. The lowest BCUT2D eigenvalue weighted by Crippen LogP contribution is -2.15. The van der Waals surface area contributed by atoms with Gasteiger partial charge in [0.1, 0.15) is 16.2 Å². The number of hydrogen-bond acceptors (Lipinski definition) is 3. The highest BCUT2D eigenvalue weighted by atomic mass is 79.9. The third-order valence-electron chi connectivity index (χ3n) is 2.38. The molecule has 0 bridgehead atoms. The Labute approximate surface area is 118 Å². The summed E-state index contributed by atoms with van der Waals surface area (Å²) in [5.74, 6) is -0.282. The molecule has 0 atom stereocenters. The summed E-state index contributed by atoms with van der Waals surface area (Å²) in [6, 6.07) is 8.37. The number of nitrogens with one attached hydrogen (secondary N) is 1. The number of pyridine rings is 1. The van der Waals surface area contributed by atoms with E-state index in [1.165, 1.54) is 25.1 Å². The zero-order valence-electron chi connectivity index (χ0n) is 9.89. The summed E-state index contributed by atoms with van der Waals surface area (Å²) in [5.41, 5.74) is 0.336. The van der Waals surface area contributed by atoms with Crippen molar-refractivity contribution in [2.75, 3.05) is 4.72 Å². The van der Waals surface area contributed by atoms with Crippen molar-refractivity contribution in [3.63, 3.8) is 0 Å². The molecule has 7 heteroatoms. The molecule has 19 heavy (non-hydrogen) atoms. The van der Waals surface area contributed by atoms with Crippen molar-refractivity contribution in [1.82, 2.24) is 4.98 Å². The van der Waals surface area contributed by atoms with Gasteiger partial charge in [-0.3, -0.25) is 4.72 Å². The predicted octanol–water partition coefficient (Wildman–Crippen LogP) is 3.09. The van der Waals surface area contributed by atoms with Gasteiger partial charge in [-0.2, -0.15) is 0 Å². The van der Waals surface area contributed by atoms with Gasteiger partial charge in [-0.15, -0.1) is 0 Å². The van der Waals surface area contributed by atoms with Crippen molar-refractivity contribution in [3.8, 4) is 0 Å². The van der Waals surface area contributed by atoms with Gasteiger partial charge in [0.15, 0.2) is 0 Å². The molecule has 4 nitrogen and oxygen atoms in total. The number of rotatable bonds is 3. The van der Waals surface area contributed by atoms with Gasteiger partial charge in [-0.1, -0.05) is 6.07 Å². The molecular formula is C12H10BrFN2O2S. The molecule has 1 aromatic carbocycles. The maximum atomic E-state index is 13.0. The van der Waals surface area contributed by atoms with Crippen LogP contribution in [-0.2, 0) is 10.0 Å². The van der Waals surface area contributed by atoms with Crippen molar-refractivity contribution in [2.24, 2.45) is 0 Å². The van der Waals surface area contributed by atoms with E-state index in [2.05, 4.69) is 25.6 Å². The van der Waals surface area contributed by atoms with E-state index in [0.29, 0.717) is 10.2 Å². The first-order valence-corrected chi connectivity index (χ1v) is 7.57.